The van der Waals surface area contributed by atoms with Crippen LogP contribution in [0.4, 0.5) is 11.4 Å². The smallest absolute Gasteiger partial charge is 0.0611 e. The van der Waals surface area contributed by atoms with Gasteiger partial charge in [-0.1, -0.05) is 6.92 Å². The van der Waals surface area contributed by atoms with Crippen LogP contribution in [0.2, 0.25) is 0 Å². The molecule has 0 aliphatic carbocycles. The van der Waals surface area contributed by atoms with E-state index in [9.17, 15) is 0 Å². The van der Waals surface area contributed by atoms with E-state index in [0.717, 1.165) is 19.5 Å². The number of benzene rings is 1. The molecule has 0 spiro atoms. The van der Waals surface area contributed by atoms with Gasteiger partial charge in [0.15, 0.2) is 0 Å². The fourth-order valence-electron chi connectivity index (χ4n) is 2.98. The summed E-state index contributed by atoms with van der Waals surface area (Å²) in [5.74, 6) is 0. The van der Waals surface area contributed by atoms with Crippen molar-refractivity contribution in [1.82, 2.24) is 4.98 Å². The second kappa shape index (κ2) is 5.76. The monoisotopic (exact) mass is 281 g/mol. The van der Waals surface area contributed by atoms with Crippen LogP contribution in [0.5, 0.6) is 0 Å². The number of nitrogens with one attached hydrogen (secondary N) is 1. The molecule has 1 N–H and O–H groups in total. The van der Waals surface area contributed by atoms with Crippen LogP contribution < -0.4 is 10.2 Å². The Morgan fingerprint density at radius 2 is 1.90 bits per heavy atom. The van der Waals surface area contributed by atoms with Crippen LogP contribution in [0.1, 0.15) is 30.0 Å². The second-order valence-electron chi connectivity index (χ2n) is 5.88. The second-order valence-corrected chi connectivity index (χ2v) is 5.88. The van der Waals surface area contributed by atoms with Gasteiger partial charge >= 0.3 is 0 Å². The third-order valence-corrected chi connectivity index (χ3v) is 4.46. The highest BCUT2D eigenvalue weighted by molar-refractivity contribution is 5.74. The van der Waals surface area contributed by atoms with Gasteiger partial charge in [-0.3, -0.25) is 4.98 Å². The Morgan fingerprint density at radius 3 is 2.62 bits per heavy atom. The van der Waals surface area contributed by atoms with Gasteiger partial charge in [-0.2, -0.15) is 0 Å². The predicted octanol–water partition coefficient (Wildman–Crippen LogP) is 3.91. The molecular weight excluding hydrogens is 258 g/mol. The number of hydrogen-bond acceptors (Lipinski definition) is 3. The lowest BCUT2D eigenvalue weighted by Crippen LogP contribution is -2.43. The number of hydrogen-bond donors (Lipinski definition) is 1. The summed E-state index contributed by atoms with van der Waals surface area (Å²) >= 11 is 0. The van der Waals surface area contributed by atoms with Gasteiger partial charge in [0, 0.05) is 31.5 Å². The molecule has 3 rings (SSSR count). The van der Waals surface area contributed by atoms with Gasteiger partial charge in [0.1, 0.15) is 0 Å². The van der Waals surface area contributed by atoms with E-state index in [1.165, 1.54) is 28.1 Å². The van der Waals surface area contributed by atoms with Gasteiger partial charge < -0.3 is 10.2 Å². The molecule has 2 heterocycles. The summed E-state index contributed by atoms with van der Waals surface area (Å²) in [6.45, 7) is 8.58. The Morgan fingerprint density at radius 1 is 1.19 bits per heavy atom. The van der Waals surface area contributed by atoms with Crippen molar-refractivity contribution in [3.05, 3.63) is 53.3 Å². The van der Waals surface area contributed by atoms with Crippen molar-refractivity contribution in [1.29, 1.82) is 0 Å². The third-order valence-electron chi connectivity index (χ3n) is 4.46. The molecule has 1 aromatic carbocycles. The van der Waals surface area contributed by atoms with E-state index >= 15 is 0 Å². The molecule has 0 radical (unpaired) electrons. The lowest BCUT2D eigenvalue weighted by Gasteiger charge is -2.39. The Hall–Kier alpha value is -2.03. The molecular formula is C18H23N3. The Balaban J connectivity index is 1.98. The van der Waals surface area contributed by atoms with E-state index in [2.05, 4.69) is 60.2 Å². The van der Waals surface area contributed by atoms with Gasteiger partial charge in [0.2, 0.25) is 0 Å². The quantitative estimate of drug-likeness (QED) is 0.924. The number of anilines is 2. The molecule has 1 atom stereocenters. The zero-order valence-electron chi connectivity index (χ0n) is 13.1. The topological polar surface area (TPSA) is 28.2 Å². The van der Waals surface area contributed by atoms with Gasteiger partial charge in [-0.25, -0.2) is 0 Å². The number of nitrogens with zero attached hydrogens (tertiary/aromatic N) is 2. The average molecular weight is 281 g/mol. The van der Waals surface area contributed by atoms with Crippen LogP contribution in [0.15, 0.2) is 36.7 Å². The summed E-state index contributed by atoms with van der Waals surface area (Å²) in [4.78, 5) is 6.65. The summed E-state index contributed by atoms with van der Waals surface area (Å²) in [6.07, 6.45) is 4.89. The maximum Gasteiger partial charge on any atom is 0.0611 e. The molecule has 0 saturated carbocycles. The molecule has 3 heteroatoms. The molecule has 1 aliphatic heterocycles. The number of rotatable bonds is 3. The van der Waals surface area contributed by atoms with E-state index < -0.39 is 0 Å². The predicted molar refractivity (Wildman–Crippen MR) is 88.9 cm³/mol. The molecule has 3 nitrogen and oxygen atoms in total. The number of pyridine rings is 1. The molecule has 1 unspecified atom stereocenters. The lowest BCUT2D eigenvalue weighted by molar-refractivity contribution is 0.579. The highest BCUT2D eigenvalue weighted by Gasteiger charge is 2.25. The van der Waals surface area contributed by atoms with Gasteiger partial charge in [0.25, 0.3) is 0 Å². The normalized spacial score (nSPS) is 17.3. The van der Waals surface area contributed by atoms with Crippen molar-refractivity contribution in [3.8, 4) is 0 Å². The first-order valence-electron chi connectivity index (χ1n) is 7.69. The molecule has 0 saturated heterocycles. The van der Waals surface area contributed by atoms with Gasteiger partial charge in [-0.15, -0.1) is 0 Å². The molecule has 2 aromatic rings. The number of fused-ring (bicyclic) bond motifs is 1. The molecule has 0 bridgehead atoms. The lowest BCUT2D eigenvalue weighted by atomic mass is 10.0. The standard InChI is InChI=1S/C18H23N3/c1-4-16-11-20-17-9-13(2)14(3)10-18(17)21(16)12-15-5-7-19-8-6-15/h5-10,16,20H,4,11-12H2,1-3H3. The van der Waals surface area contributed by atoms with Crippen LogP contribution in [0, 0.1) is 13.8 Å². The van der Waals surface area contributed by atoms with Gasteiger partial charge in [-0.05, 0) is 61.2 Å². The van der Waals surface area contributed by atoms with Crippen LogP contribution in [-0.2, 0) is 6.54 Å². The third kappa shape index (κ3) is 2.73. The average Bonchev–Trinajstić information content (AvgIpc) is 2.50. The van der Waals surface area contributed by atoms with Crippen LogP contribution >= 0.6 is 0 Å². The summed E-state index contributed by atoms with van der Waals surface area (Å²) in [5.41, 5.74) is 6.60. The Kier molecular flexibility index (Phi) is 3.82. The highest BCUT2D eigenvalue weighted by atomic mass is 15.2. The molecule has 0 amide bonds. The van der Waals surface area contributed by atoms with Crippen molar-refractivity contribution >= 4 is 11.4 Å². The molecule has 0 fully saturated rings. The van der Waals surface area contributed by atoms with Crippen molar-refractivity contribution in [2.24, 2.45) is 0 Å². The zero-order valence-corrected chi connectivity index (χ0v) is 13.1. The van der Waals surface area contributed by atoms with Crippen LogP contribution in [-0.4, -0.2) is 17.6 Å². The van der Waals surface area contributed by atoms with Crippen molar-refractivity contribution in [2.45, 2.75) is 39.8 Å². The first-order valence-corrected chi connectivity index (χ1v) is 7.69. The van der Waals surface area contributed by atoms with E-state index in [1.54, 1.807) is 0 Å². The minimum Gasteiger partial charge on any atom is -0.381 e. The minimum atomic E-state index is 0.535. The van der Waals surface area contributed by atoms with Gasteiger partial charge in [0.05, 0.1) is 11.4 Å². The Labute approximate surface area is 127 Å². The first kappa shape index (κ1) is 13.9. The molecule has 110 valence electrons. The number of aromatic nitrogens is 1. The fourth-order valence-corrected chi connectivity index (χ4v) is 2.98. The highest BCUT2D eigenvalue weighted by Crippen LogP contribution is 2.35. The van der Waals surface area contributed by atoms with Crippen molar-refractivity contribution in [3.63, 3.8) is 0 Å². The fraction of sp³-hybridized carbons (Fsp3) is 0.389. The molecule has 1 aliphatic rings. The van der Waals surface area contributed by atoms with Crippen molar-refractivity contribution < 1.29 is 0 Å². The summed E-state index contributed by atoms with van der Waals surface area (Å²) in [7, 11) is 0. The summed E-state index contributed by atoms with van der Waals surface area (Å²) in [5, 5.41) is 3.59. The Bertz CT molecular complexity index is 622. The minimum absolute atomic E-state index is 0.535. The van der Waals surface area contributed by atoms with Crippen LogP contribution in [0.3, 0.4) is 0 Å². The van der Waals surface area contributed by atoms with E-state index in [0.29, 0.717) is 6.04 Å². The molecule has 1 aromatic heterocycles. The maximum atomic E-state index is 4.12. The molecule has 21 heavy (non-hydrogen) atoms. The zero-order chi connectivity index (χ0) is 14.8. The number of aryl methyl sites for hydroxylation is 2. The van der Waals surface area contributed by atoms with E-state index in [-0.39, 0.29) is 0 Å². The summed E-state index contributed by atoms with van der Waals surface area (Å²) < 4.78 is 0. The summed E-state index contributed by atoms with van der Waals surface area (Å²) in [6, 6.07) is 9.34. The van der Waals surface area contributed by atoms with Crippen molar-refractivity contribution in [2.75, 3.05) is 16.8 Å². The maximum absolute atomic E-state index is 4.12. The first-order chi connectivity index (χ1) is 10.2. The van der Waals surface area contributed by atoms with E-state index in [4.69, 9.17) is 0 Å². The van der Waals surface area contributed by atoms with E-state index in [1.807, 2.05) is 12.4 Å². The largest absolute Gasteiger partial charge is 0.381 e. The SMILES string of the molecule is CCC1CNc2cc(C)c(C)cc2N1Cc1ccncc1. The van der Waals surface area contributed by atoms with Crippen LogP contribution in [0.25, 0.3) is 0 Å².